The van der Waals surface area contributed by atoms with E-state index in [0.29, 0.717) is 0 Å². The molecule has 11 aromatic rings. The Kier molecular flexibility index (Phi) is 5.78. The topological polar surface area (TPSA) is 13.1 Å². The van der Waals surface area contributed by atoms with Crippen LogP contribution in [0.5, 0.6) is 0 Å². The quantitative estimate of drug-likeness (QED) is 0.164. The van der Waals surface area contributed by atoms with Gasteiger partial charge in [0.25, 0.3) is 0 Å². The molecule has 1 aliphatic rings. The van der Waals surface area contributed by atoms with E-state index in [4.69, 9.17) is 4.42 Å². The highest BCUT2D eigenvalue weighted by atomic mass is 32.1. The molecule has 1 aliphatic carbocycles. The van der Waals surface area contributed by atoms with Crippen LogP contribution in [-0.4, -0.2) is 0 Å². The first kappa shape index (κ1) is 29.4. The summed E-state index contributed by atoms with van der Waals surface area (Å²) in [7, 11) is 0. The Morgan fingerprint density at radius 2 is 0.943 bits per heavy atom. The molecule has 0 saturated heterocycles. The maximum Gasteiger partial charge on any atom is 0.136 e. The molecule has 0 aliphatic heterocycles. The molecule has 1 nitrogen and oxygen atoms in total. The molecule has 0 spiro atoms. The average Bonchev–Trinajstić information content (AvgIpc) is 3.84. The molecule has 9 aromatic carbocycles. The Morgan fingerprint density at radius 1 is 0.415 bits per heavy atom. The van der Waals surface area contributed by atoms with Crippen molar-refractivity contribution in [1.29, 1.82) is 0 Å². The monoisotopic (exact) mass is 692 g/mol. The third-order valence-corrected chi connectivity index (χ3v) is 13.3. The minimum absolute atomic E-state index is 0.162. The van der Waals surface area contributed by atoms with Crippen molar-refractivity contribution in [2.45, 2.75) is 19.3 Å². The fraction of sp³-hybridized carbons (Fsp3) is 0.0588. The van der Waals surface area contributed by atoms with Gasteiger partial charge in [-0.15, -0.1) is 11.3 Å². The largest absolute Gasteiger partial charge is 0.456 e. The van der Waals surface area contributed by atoms with E-state index in [-0.39, 0.29) is 5.41 Å². The fourth-order valence-corrected chi connectivity index (χ4v) is 11.2. The zero-order chi connectivity index (χ0) is 35.0. The normalized spacial score (nSPS) is 13.6. The number of para-hydroxylation sites is 1. The molecule has 12 rings (SSSR count). The first-order valence-corrected chi connectivity index (χ1v) is 19.2. The summed E-state index contributed by atoms with van der Waals surface area (Å²) in [6, 6.07) is 58.3. The molecule has 0 saturated carbocycles. The zero-order valence-electron chi connectivity index (χ0n) is 29.3. The molecule has 0 bridgehead atoms. The minimum atomic E-state index is -0.162. The Labute approximate surface area is 310 Å². The molecule has 0 fully saturated rings. The molecule has 2 heteroatoms. The van der Waals surface area contributed by atoms with Crippen molar-refractivity contribution < 1.29 is 4.42 Å². The van der Waals surface area contributed by atoms with Gasteiger partial charge in [0.15, 0.2) is 0 Å². The summed E-state index contributed by atoms with van der Waals surface area (Å²) >= 11 is 1.97. The maximum atomic E-state index is 6.38. The smallest absolute Gasteiger partial charge is 0.136 e. The van der Waals surface area contributed by atoms with Crippen LogP contribution in [-0.2, 0) is 5.41 Å². The first-order chi connectivity index (χ1) is 26.0. The van der Waals surface area contributed by atoms with Gasteiger partial charge in [0.1, 0.15) is 11.2 Å². The number of benzene rings is 9. The van der Waals surface area contributed by atoms with Crippen molar-refractivity contribution in [3.63, 3.8) is 0 Å². The molecule has 0 atom stereocenters. The SMILES string of the molecule is CC1(C)c2cc(-c3c4ccccc4c(-c4ccc5c(c4)oc4ccccc45)c4ccccc34)ccc2-c2ccc3c(sc4c5ccccc5ccc34)c21. The Hall–Kier alpha value is -6.22. The van der Waals surface area contributed by atoms with E-state index >= 15 is 0 Å². The number of furan rings is 1. The van der Waals surface area contributed by atoms with Crippen molar-refractivity contribution in [2.75, 3.05) is 0 Å². The fourth-order valence-electron chi connectivity index (χ4n) is 9.63. The van der Waals surface area contributed by atoms with E-state index in [9.17, 15) is 0 Å². The molecule has 0 amide bonds. The average molecular weight is 693 g/mol. The van der Waals surface area contributed by atoms with E-state index in [0.717, 1.165) is 21.9 Å². The molecule has 2 aromatic heterocycles. The van der Waals surface area contributed by atoms with Gasteiger partial charge in [-0.3, -0.25) is 0 Å². The summed E-state index contributed by atoms with van der Waals surface area (Å²) in [5.74, 6) is 0. The minimum Gasteiger partial charge on any atom is -0.456 e. The number of rotatable bonds is 2. The predicted octanol–water partition coefficient (Wildman–Crippen LogP) is 15.1. The van der Waals surface area contributed by atoms with E-state index in [1.165, 1.54) is 97.0 Å². The van der Waals surface area contributed by atoms with Crippen LogP contribution in [0, 0.1) is 0 Å². The second kappa shape index (κ2) is 10.4. The molecule has 2 heterocycles. The van der Waals surface area contributed by atoms with Gasteiger partial charge in [-0.05, 0) is 101 Å². The second-order valence-corrected chi connectivity index (χ2v) is 16.2. The van der Waals surface area contributed by atoms with Crippen molar-refractivity contribution in [2.24, 2.45) is 0 Å². The number of thiophene rings is 1. The lowest BCUT2D eigenvalue weighted by Gasteiger charge is -2.23. The lowest BCUT2D eigenvalue weighted by Crippen LogP contribution is -2.15. The van der Waals surface area contributed by atoms with E-state index in [1.54, 1.807) is 0 Å². The predicted molar refractivity (Wildman–Crippen MR) is 228 cm³/mol. The van der Waals surface area contributed by atoms with Crippen LogP contribution in [0.15, 0.2) is 162 Å². The van der Waals surface area contributed by atoms with Crippen molar-refractivity contribution >= 4 is 85.8 Å². The van der Waals surface area contributed by atoms with Crippen molar-refractivity contribution in [3.05, 3.63) is 169 Å². The molecular weight excluding hydrogens is 661 g/mol. The van der Waals surface area contributed by atoms with Crippen LogP contribution in [0.25, 0.3) is 108 Å². The summed E-state index contributed by atoms with van der Waals surface area (Å²) in [5, 5.41) is 12.7. The van der Waals surface area contributed by atoms with Crippen LogP contribution in [0.2, 0.25) is 0 Å². The van der Waals surface area contributed by atoms with Crippen LogP contribution >= 0.6 is 11.3 Å². The maximum absolute atomic E-state index is 6.38. The summed E-state index contributed by atoms with van der Waals surface area (Å²) in [4.78, 5) is 0. The third-order valence-electron chi connectivity index (χ3n) is 12.0. The molecule has 248 valence electrons. The number of hydrogen-bond acceptors (Lipinski definition) is 2. The molecule has 0 unspecified atom stereocenters. The Bertz CT molecular complexity index is 3320. The summed E-state index contributed by atoms with van der Waals surface area (Å²) in [5.41, 5.74) is 12.2. The number of fused-ring (bicyclic) bond motifs is 14. The molecular formula is C51H32OS. The summed E-state index contributed by atoms with van der Waals surface area (Å²) in [6.45, 7) is 4.85. The molecule has 0 radical (unpaired) electrons. The second-order valence-electron chi connectivity index (χ2n) is 15.2. The van der Waals surface area contributed by atoms with Gasteiger partial charge >= 0.3 is 0 Å². The molecule has 0 N–H and O–H groups in total. The lowest BCUT2D eigenvalue weighted by molar-refractivity contribution is 0.667. The van der Waals surface area contributed by atoms with Crippen LogP contribution in [0.4, 0.5) is 0 Å². The lowest BCUT2D eigenvalue weighted by atomic mass is 9.80. The van der Waals surface area contributed by atoms with Crippen LogP contribution in [0.3, 0.4) is 0 Å². The Morgan fingerprint density at radius 3 is 1.68 bits per heavy atom. The highest BCUT2D eigenvalue weighted by molar-refractivity contribution is 7.27. The van der Waals surface area contributed by atoms with Gasteiger partial charge in [-0.1, -0.05) is 147 Å². The first-order valence-electron chi connectivity index (χ1n) is 18.4. The van der Waals surface area contributed by atoms with E-state index in [1.807, 2.05) is 17.4 Å². The van der Waals surface area contributed by atoms with E-state index in [2.05, 4.69) is 166 Å². The van der Waals surface area contributed by atoms with Gasteiger partial charge in [0.2, 0.25) is 0 Å². The highest BCUT2D eigenvalue weighted by Gasteiger charge is 2.38. The third kappa shape index (κ3) is 3.91. The molecule has 53 heavy (non-hydrogen) atoms. The van der Waals surface area contributed by atoms with Gasteiger partial charge in [-0.2, -0.15) is 0 Å². The highest BCUT2D eigenvalue weighted by Crippen LogP contribution is 2.56. The van der Waals surface area contributed by atoms with Gasteiger partial charge in [0, 0.05) is 36.4 Å². The Balaban J connectivity index is 1.08. The van der Waals surface area contributed by atoms with Gasteiger partial charge < -0.3 is 4.42 Å². The van der Waals surface area contributed by atoms with Crippen molar-refractivity contribution in [1.82, 2.24) is 0 Å². The van der Waals surface area contributed by atoms with Crippen molar-refractivity contribution in [3.8, 4) is 33.4 Å². The van der Waals surface area contributed by atoms with Crippen LogP contribution in [0.1, 0.15) is 25.0 Å². The number of hydrogen-bond donors (Lipinski definition) is 0. The summed E-state index contributed by atoms with van der Waals surface area (Å²) in [6.07, 6.45) is 0. The van der Waals surface area contributed by atoms with Gasteiger partial charge in [-0.25, -0.2) is 0 Å². The summed E-state index contributed by atoms with van der Waals surface area (Å²) < 4.78 is 9.18. The standard InChI is InChI=1S/C51H32OS/c1-51(2)43-27-30(20-22-33(43)40-25-26-42-41-24-19-29-11-3-4-12-32(29)49(41)53-50(42)48(40)51)46-36-14-5-7-16-38(36)47(39-17-8-6-15-37(39)46)31-21-23-35-34-13-9-10-18-44(34)52-45(35)28-31/h3-28H,1-2H3. The van der Waals surface area contributed by atoms with Crippen LogP contribution < -0.4 is 0 Å². The van der Waals surface area contributed by atoms with E-state index < -0.39 is 0 Å². The van der Waals surface area contributed by atoms with Gasteiger partial charge in [0.05, 0.1) is 0 Å². The zero-order valence-corrected chi connectivity index (χ0v) is 30.1.